The number of hydrogen-bond donors (Lipinski definition) is 2. The summed E-state index contributed by atoms with van der Waals surface area (Å²) in [5.41, 5.74) is 0. The van der Waals surface area contributed by atoms with Crippen LogP contribution in [0.3, 0.4) is 0 Å². The Morgan fingerprint density at radius 2 is 2.18 bits per heavy atom. The Morgan fingerprint density at radius 3 is 2.76 bits per heavy atom. The number of hydrogen-bond acceptors (Lipinski definition) is 4. The molecule has 100 valence electrons. The predicted octanol–water partition coefficient (Wildman–Crippen LogP) is 0.803. The van der Waals surface area contributed by atoms with Gasteiger partial charge in [0.25, 0.3) is 0 Å². The maximum atomic E-state index is 11.3. The molecule has 1 saturated heterocycles. The lowest BCUT2D eigenvalue weighted by Gasteiger charge is -2.35. The Bertz CT molecular complexity index is 244. The summed E-state index contributed by atoms with van der Waals surface area (Å²) < 4.78 is 5.18. The number of alkyl carbamates (subject to hydrolysis) is 1. The average Bonchev–Trinajstić information content (AvgIpc) is 2.26. The van der Waals surface area contributed by atoms with Crippen LogP contribution in [0.1, 0.15) is 27.7 Å². The van der Waals surface area contributed by atoms with E-state index < -0.39 is 0 Å². The van der Waals surface area contributed by atoms with Gasteiger partial charge in [-0.3, -0.25) is 4.90 Å². The lowest BCUT2D eigenvalue weighted by atomic mass is 10.2. The number of carbonyl (C=O) groups is 1. The molecular weight excluding hydrogens is 218 g/mol. The zero-order valence-corrected chi connectivity index (χ0v) is 11.3. The highest BCUT2D eigenvalue weighted by molar-refractivity contribution is 5.67. The Labute approximate surface area is 104 Å². The van der Waals surface area contributed by atoms with Crippen LogP contribution in [0, 0.1) is 0 Å². The monoisotopic (exact) mass is 243 g/mol. The molecule has 0 aromatic heterocycles. The van der Waals surface area contributed by atoms with Crippen LogP contribution in [0.4, 0.5) is 4.79 Å². The molecule has 2 N–H and O–H groups in total. The van der Waals surface area contributed by atoms with E-state index in [2.05, 4.69) is 29.4 Å². The molecule has 1 unspecified atom stereocenters. The molecule has 0 aromatic carbocycles. The van der Waals surface area contributed by atoms with Crippen LogP contribution in [0.5, 0.6) is 0 Å². The Balaban J connectivity index is 2.25. The first kappa shape index (κ1) is 14.3. The molecule has 1 aliphatic rings. The van der Waals surface area contributed by atoms with Crippen molar-refractivity contribution in [3.63, 3.8) is 0 Å². The number of carbonyl (C=O) groups excluding carboxylic acids is 1. The quantitative estimate of drug-likeness (QED) is 0.767. The molecule has 1 heterocycles. The van der Waals surface area contributed by atoms with Crippen molar-refractivity contribution in [2.75, 3.05) is 26.2 Å². The highest BCUT2D eigenvalue weighted by atomic mass is 16.5. The van der Waals surface area contributed by atoms with E-state index in [1.807, 2.05) is 13.8 Å². The number of ether oxygens (including phenoxy) is 1. The fourth-order valence-electron chi connectivity index (χ4n) is 1.89. The first-order chi connectivity index (χ1) is 7.99. The van der Waals surface area contributed by atoms with Gasteiger partial charge in [0.2, 0.25) is 0 Å². The van der Waals surface area contributed by atoms with Crippen LogP contribution in [-0.2, 0) is 4.74 Å². The molecule has 1 atom stereocenters. The van der Waals surface area contributed by atoms with Gasteiger partial charge in [0.15, 0.2) is 0 Å². The third kappa shape index (κ3) is 5.37. The topological polar surface area (TPSA) is 53.6 Å². The van der Waals surface area contributed by atoms with Crippen molar-refractivity contribution in [3.05, 3.63) is 0 Å². The van der Waals surface area contributed by atoms with E-state index in [-0.39, 0.29) is 18.2 Å². The normalized spacial score (nSPS) is 21.9. The molecule has 0 bridgehead atoms. The molecule has 5 heteroatoms. The summed E-state index contributed by atoms with van der Waals surface area (Å²) >= 11 is 0. The van der Waals surface area contributed by atoms with Crippen molar-refractivity contribution in [2.24, 2.45) is 0 Å². The van der Waals surface area contributed by atoms with Gasteiger partial charge in [0.1, 0.15) is 6.61 Å². The summed E-state index contributed by atoms with van der Waals surface area (Å²) in [6, 6.07) is 0.905. The Hall–Kier alpha value is -0.810. The van der Waals surface area contributed by atoms with Crippen molar-refractivity contribution in [2.45, 2.75) is 45.8 Å². The lowest BCUT2D eigenvalue weighted by Crippen LogP contribution is -2.54. The molecule has 0 aliphatic carbocycles. The van der Waals surface area contributed by atoms with Gasteiger partial charge in [0, 0.05) is 31.7 Å². The molecule has 1 amide bonds. The van der Waals surface area contributed by atoms with Crippen LogP contribution < -0.4 is 10.6 Å². The minimum atomic E-state index is -0.330. The number of rotatable bonds is 4. The van der Waals surface area contributed by atoms with Crippen LogP contribution >= 0.6 is 0 Å². The smallest absolute Gasteiger partial charge is 0.407 e. The van der Waals surface area contributed by atoms with E-state index in [1.165, 1.54) is 0 Å². The van der Waals surface area contributed by atoms with Gasteiger partial charge in [-0.25, -0.2) is 4.79 Å². The maximum Gasteiger partial charge on any atom is 0.407 e. The number of amides is 1. The molecule has 0 spiro atoms. The fourth-order valence-corrected chi connectivity index (χ4v) is 1.89. The Kier molecular flexibility index (Phi) is 5.71. The third-order valence-electron chi connectivity index (χ3n) is 2.84. The summed E-state index contributed by atoms with van der Waals surface area (Å²) in [4.78, 5) is 13.7. The molecule has 17 heavy (non-hydrogen) atoms. The van der Waals surface area contributed by atoms with Gasteiger partial charge in [-0.05, 0) is 27.7 Å². The first-order valence-corrected chi connectivity index (χ1v) is 6.39. The van der Waals surface area contributed by atoms with E-state index in [1.54, 1.807) is 0 Å². The average molecular weight is 243 g/mol. The summed E-state index contributed by atoms with van der Waals surface area (Å²) in [6.07, 6.45) is -0.330. The van der Waals surface area contributed by atoms with Crippen molar-refractivity contribution in [1.82, 2.24) is 15.5 Å². The van der Waals surface area contributed by atoms with Crippen LogP contribution in [0.25, 0.3) is 0 Å². The van der Waals surface area contributed by atoms with E-state index in [9.17, 15) is 4.79 Å². The van der Waals surface area contributed by atoms with Crippen molar-refractivity contribution in [1.29, 1.82) is 0 Å². The molecular formula is C12H25N3O2. The Morgan fingerprint density at radius 1 is 1.47 bits per heavy atom. The minimum Gasteiger partial charge on any atom is -0.448 e. The van der Waals surface area contributed by atoms with E-state index >= 15 is 0 Å². The van der Waals surface area contributed by atoms with Crippen LogP contribution in [0.15, 0.2) is 0 Å². The van der Waals surface area contributed by atoms with E-state index in [0.717, 1.165) is 19.6 Å². The predicted molar refractivity (Wildman–Crippen MR) is 68.1 cm³/mol. The van der Waals surface area contributed by atoms with Gasteiger partial charge < -0.3 is 15.4 Å². The largest absolute Gasteiger partial charge is 0.448 e. The molecule has 0 radical (unpaired) electrons. The zero-order chi connectivity index (χ0) is 12.8. The van der Waals surface area contributed by atoms with Gasteiger partial charge in [0.05, 0.1) is 6.04 Å². The second-order valence-electron chi connectivity index (χ2n) is 5.14. The van der Waals surface area contributed by atoms with Gasteiger partial charge in [-0.2, -0.15) is 0 Å². The lowest BCUT2D eigenvalue weighted by molar-refractivity contribution is 0.0966. The third-order valence-corrected chi connectivity index (χ3v) is 2.84. The molecule has 5 nitrogen and oxygen atoms in total. The highest BCUT2D eigenvalue weighted by Gasteiger charge is 2.22. The number of nitrogens with one attached hydrogen (secondary N) is 2. The highest BCUT2D eigenvalue weighted by Crippen LogP contribution is 2.04. The van der Waals surface area contributed by atoms with Crippen molar-refractivity contribution in [3.8, 4) is 0 Å². The summed E-state index contributed by atoms with van der Waals surface area (Å²) in [5, 5.41) is 6.08. The van der Waals surface area contributed by atoms with Gasteiger partial charge in [-0.15, -0.1) is 0 Å². The molecule has 1 fully saturated rings. The minimum absolute atomic E-state index is 0.119. The van der Waals surface area contributed by atoms with Crippen LogP contribution in [-0.4, -0.2) is 55.4 Å². The molecule has 0 aromatic rings. The zero-order valence-electron chi connectivity index (χ0n) is 11.3. The van der Waals surface area contributed by atoms with Gasteiger partial charge in [-0.1, -0.05) is 0 Å². The molecule has 1 aliphatic heterocycles. The SMILES string of the molecule is CC(C)NC(=O)OCC1CN(C(C)C)CCN1. The number of piperazine rings is 1. The molecule has 1 rings (SSSR count). The van der Waals surface area contributed by atoms with Crippen molar-refractivity contribution >= 4 is 6.09 Å². The fraction of sp³-hybridized carbons (Fsp3) is 0.917. The standard InChI is InChI=1S/C12H25N3O2/c1-9(2)14-12(16)17-8-11-7-15(10(3)4)6-5-13-11/h9-11,13H,5-8H2,1-4H3,(H,14,16). The molecule has 0 saturated carbocycles. The van der Waals surface area contributed by atoms with E-state index in [0.29, 0.717) is 12.6 Å². The second-order valence-corrected chi connectivity index (χ2v) is 5.14. The first-order valence-electron chi connectivity index (χ1n) is 6.39. The summed E-state index contributed by atoms with van der Waals surface area (Å²) in [7, 11) is 0. The van der Waals surface area contributed by atoms with Crippen molar-refractivity contribution < 1.29 is 9.53 Å². The summed E-state index contributed by atoms with van der Waals surface area (Å²) in [5.74, 6) is 0. The number of nitrogens with zero attached hydrogens (tertiary/aromatic N) is 1. The van der Waals surface area contributed by atoms with Crippen LogP contribution in [0.2, 0.25) is 0 Å². The second kappa shape index (κ2) is 6.81. The van der Waals surface area contributed by atoms with Gasteiger partial charge >= 0.3 is 6.09 Å². The van der Waals surface area contributed by atoms with E-state index in [4.69, 9.17) is 4.74 Å². The maximum absolute atomic E-state index is 11.3. The summed E-state index contributed by atoms with van der Waals surface area (Å²) in [6.45, 7) is 11.6.